The Hall–Kier alpha value is -3.01. The van der Waals surface area contributed by atoms with E-state index in [0.29, 0.717) is 6.42 Å². The maximum Gasteiger partial charge on any atom is 0.227 e. The van der Waals surface area contributed by atoms with Crippen LogP contribution in [0.15, 0.2) is 79.1 Å². The second-order valence-corrected chi connectivity index (χ2v) is 6.64. The summed E-state index contributed by atoms with van der Waals surface area (Å²) < 4.78 is 2.06. The molecule has 0 saturated carbocycles. The van der Waals surface area contributed by atoms with E-state index in [1.165, 1.54) is 5.69 Å². The van der Waals surface area contributed by atoms with Gasteiger partial charge < -0.3 is 14.4 Å². The van der Waals surface area contributed by atoms with Crippen molar-refractivity contribution in [2.45, 2.75) is 6.42 Å². The summed E-state index contributed by atoms with van der Waals surface area (Å²) in [5.41, 5.74) is 3.42. The van der Waals surface area contributed by atoms with Crippen molar-refractivity contribution in [3.8, 4) is 5.69 Å². The maximum absolute atomic E-state index is 12.6. The van der Waals surface area contributed by atoms with Gasteiger partial charge in [0.15, 0.2) is 0 Å². The van der Waals surface area contributed by atoms with Crippen LogP contribution in [0.1, 0.15) is 5.56 Å². The monoisotopic (exact) mass is 345 g/mol. The predicted molar refractivity (Wildman–Crippen MR) is 105 cm³/mol. The number of para-hydroxylation sites is 1. The van der Waals surface area contributed by atoms with Crippen molar-refractivity contribution >= 4 is 11.6 Å². The van der Waals surface area contributed by atoms with Gasteiger partial charge >= 0.3 is 0 Å². The predicted octanol–water partition coefficient (Wildman–Crippen LogP) is 3.37. The van der Waals surface area contributed by atoms with Crippen LogP contribution in [-0.2, 0) is 11.2 Å². The molecule has 132 valence electrons. The number of rotatable bonds is 4. The number of amides is 1. The molecule has 1 amide bonds. The fourth-order valence-corrected chi connectivity index (χ4v) is 3.43. The average molecular weight is 345 g/mol. The number of benzene rings is 2. The Labute approximate surface area is 154 Å². The molecule has 0 bridgehead atoms. The van der Waals surface area contributed by atoms with Crippen molar-refractivity contribution in [1.82, 2.24) is 9.47 Å². The molecule has 4 heteroatoms. The van der Waals surface area contributed by atoms with Crippen LogP contribution in [0, 0.1) is 0 Å². The van der Waals surface area contributed by atoms with E-state index in [2.05, 4.69) is 45.9 Å². The molecule has 0 unspecified atom stereocenters. The molecule has 1 aliphatic heterocycles. The smallest absolute Gasteiger partial charge is 0.227 e. The Morgan fingerprint density at radius 2 is 1.38 bits per heavy atom. The third-order valence-electron chi connectivity index (χ3n) is 4.95. The molecular formula is C22H23N3O. The Kier molecular flexibility index (Phi) is 4.73. The quantitative estimate of drug-likeness (QED) is 0.725. The zero-order chi connectivity index (χ0) is 17.8. The lowest BCUT2D eigenvalue weighted by Crippen LogP contribution is -2.49. The molecule has 4 rings (SSSR count). The summed E-state index contributed by atoms with van der Waals surface area (Å²) in [6.45, 7) is 3.36. The summed E-state index contributed by atoms with van der Waals surface area (Å²) in [6.07, 6.45) is 4.51. The van der Waals surface area contributed by atoms with Gasteiger partial charge in [0.05, 0.1) is 6.42 Å². The standard InChI is InChI=1S/C22H23N3O/c26-22(18-19-8-10-21(11-9-19)23-12-4-5-13-23)25-16-14-24(15-17-25)20-6-2-1-3-7-20/h1-13H,14-18H2. The van der Waals surface area contributed by atoms with Crippen molar-refractivity contribution < 1.29 is 4.79 Å². The first-order valence-electron chi connectivity index (χ1n) is 9.10. The van der Waals surface area contributed by atoms with Crippen LogP contribution in [0.2, 0.25) is 0 Å². The van der Waals surface area contributed by atoms with Gasteiger partial charge in [0.2, 0.25) is 5.91 Å². The summed E-state index contributed by atoms with van der Waals surface area (Å²) in [4.78, 5) is 17.0. The molecule has 1 aromatic heterocycles. The van der Waals surface area contributed by atoms with Crippen molar-refractivity contribution in [2.24, 2.45) is 0 Å². The molecule has 2 heterocycles. The van der Waals surface area contributed by atoms with Crippen LogP contribution in [-0.4, -0.2) is 41.6 Å². The molecule has 0 atom stereocenters. The first-order chi connectivity index (χ1) is 12.8. The largest absolute Gasteiger partial charge is 0.368 e. The van der Waals surface area contributed by atoms with E-state index in [1.807, 2.05) is 47.6 Å². The minimum Gasteiger partial charge on any atom is -0.368 e. The molecule has 1 saturated heterocycles. The molecule has 0 N–H and O–H groups in total. The highest BCUT2D eigenvalue weighted by Gasteiger charge is 2.21. The number of hydrogen-bond acceptors (Lipinski definition) is 2. The van der Waals surface area contributed by atoms with Gasteiger partial charge in [-0.25, -0.2) is 0 Å². The highest BCUT2D eigenvalue weighted by atomic mass is 16.2. The zero-order valence-electron chi connectivity index (χ0n) is 14.8. The molecule has 1 aliphatic rings. The fourth-order valence-electron chi connectivity index (χ4n) is 3.43. The topological polar surface area (TPSA) is 28.5 Å². The molecule has 0 radical (unpaired) electrons. The number of carbonyl (C=O) groups is 1. The first kappa shape index (κ1) is 16.5. The van der Waals surface area contributed by atoms with Crippen LogP contribution in [0.25, 0.3) is 5.69 Å². The van der Waals surface area contributed by atoms with Gasteiger partial charge in [-0.3, -0.25) is 4.79 Å². The lowest BCUT2D eigenvalue weighted by Gasteiger charge is -2.36. The van der Waals surface area contributed by atoms with Gasteiger partial charge in [0.25, 0.3) is 0 Å². The van der Waals surface area contributed by atoms with Gasteiger partial charge in [-0.1, -0.05) is 30.3 Å². The molecule has 3 aromatic rings. The van der Waals surface area contributed by atoms with Crippen LogP contribution in [0.3, 0.4) is 0 Å². The third-order valence-corrected chi connectivity index (χ3v) is 4.95. The van der Waals surface area contributed by atoms with Crippen molar-refractivity contribution in [2.75, 3.05) is 31.1 Å². The SMILES string of the molecule is O=C(Cc1ccc(-n2cccc2)cc1)N1CCN(c2ccccc2)CC1. The van der Waals surface area contributed by atoms with Crippen molar-refractivity contribution in [3.05, 3.63) is 84.7 Å². The summed E-state index contributed by atoms with van der Waals surface area (Å²) in [5, 5.41) is 0. The Bertz CT molecular complexity index is 833. The van der Waals surface area contributed by atoms with Gasteiger partial charge in [-0.05, 0) is 42.0 Å². The van der Waals surface area contributed by atoms with Crippen LogP contribution >= 0.6 is 0 Å². The minimum atomic E-state index is 0.214. The van der Waals surface area contributed by atoms with Gasteiger partial charge in [-0.2, -0.15) is 0 Å². The Morgan fingerprint density at radius 3 is 2.04 bits per heavy atom. The highest BCUT2D eigenvalue weighted by Crippen LogP contribution is 2.16. The number of aromatic nitrogens is 1. The second-order valence-electron chi connectivity index (χ2n) is 6.64. The van der Waals surface area contributed by atoms with Crippen LogP contribution < -0.4 is 4.90 Å². The molecule has 4 nitrogen and oxygen atoms in total. The second kappa shape index (κ2) is 7.48. The van der Waals surface area contributed by atoms with Gasteiger partial charge in [0.1, 0.15) is 0 Å². The van der Waals surface area contributed by atoms with E-state index in [1.54, 1.807) is 0 Å². The number of hydrogen-bond donors (Lipinski definition) is 0. The molecule has 26 heavy (non-hydrogen) atoms. The van der Waals surface area contributed by atoms with E-state index in [9.17, 15) is 4.79 Å². The Morgan fingerprint density at radius 1 is 0.731 bits per heavy atom. The number of carbonyl (C=O) groups excluding carboxylic acids is 1. The van der Waals surface area contributed by atoms with Crippen LogP contribution in [0.5, 0.6) is 0 Å². The minimum absolute atomic E-state index is 0.214. The normalized spacial score (nSPS) is 14.5. The van der Waals surface area contributed by atoms with Crippen molar-refractivity contribution in [3.63, 3.8) is 0 Å². The fraction of sp³-hybridized carbons (Fsp3) is 0.227. The maximum atomic E-state index is 12.6. The first-order valence-corrected chi connectivity index (χ1v) is 9.10. The van der Waals surface area contributed by atoms with Crippen molar-refractivity contribution in [1.29, 1.82) is 0 Å². The molecule has 0 spiro atoms. The number of anilines is 1. The average Bonchev–Trinajstić information content (AvgIpc) is 3.24. The number of nitrogens with zero attached hydrogens (tertiary/aromatic N) is 3. The van der Waals surface area contributed by atoms with E-state index in [-0.39, 0.29) is 5.91 Å². The lowest BCUT2D eigenvalue weighted by atomic mass is 10.1. The summed E-state index contributed by atoms with van der Waals surface area (Å²) in [7, 11) is 0. The van der Waals surface area contributed by atoms with Crippen LogP contribution in [0.4, 0.5) is 5.69 Å². The Balaban J connectivity index is 1.33. The molecule has 1 fully saturated rings. The molecular weight excluding hydrogens is 322 g/mol. The summed E-state index contributed by atoms with van der Waals surface area (Å²) >= 11 is 0. The lowest BCUT2D eigenvalue weighted by molar-refractivity contribution is -0.130. The van der Waals surface area contributed by atoms with Gasteiger partial charge in [0, 0.05) is 49.9 Å². The molecule has 0 aliphatic carbocycles. The van der Waals surface area contributed by atoms with E-state index < -0.39 is 0 Å². The molecule has 2 aromatic carbocycles. The van der Waals surface area contributed by atoms with Gasteiger partial charge in [-0.15, -0.1) is 0 Å². The van der Waals surface area contributed by atoms with E-state index in [0.717, 1.165) is 37.4 Å². The number of piperazine rings is 1. The zero-order valence-corrected chi connectivity index (χ0v) is 14.8. The third kappa shape index (κ3) is 3.64. The summed E-state index contributed by atoms with van der Waals surface area (Å²) in [5.74, 6) is 0.214. The van der Waals surface area contributed by atoms with E-state index in [4.69, 9.17) is 0 Å². The summed E-state index contributed by atoms with van der Waals surface area (Å²) in [6, 6.07) is 22.7. The van der Waals surface area contributed by atoms with E-state index >= 15 is 0 Å². The highest BCUT2D eigenvalue weighted by molar-refractivity contribution is 5.79.